The highest BCUT2D eigenvalue weighted by atomic mass is 35.5. The number of hydrogen-bond donors (Lipinski definition) is 2. The topological polar surface area (TPSA) is 97.1 Å². The van der Waals surface area contributed by atoms with Crippen molar-refractivity contribution in [3.05, 3.63) is 52.6 Å². The van der Waals surface area contributed by atoms with Gasteiger partial charge in [0.1, 0.15) is 5.69 Å². The number of aromatic nitrogens is 3. The zero-order valence-corrected chi connectivity index (χ0v) is 15.2. The molecule has 0 atom stereocenters. The van der Waals surface area contributed by atoms with Crippen LogP contribution in [0.4, 0.5) is 4.79 Å². The van der Waals surface area contributed by atoms with Gasteiger partial charge in [-0.2, -0.15) is 0 Å². The highest BCUT2D eigenvalue weighted by Crippen LogP contribution is 2.34. The maximum Gasteiger partial charge on any atom is 0.329 e. The minimum Gasteiger partial charge on any atom is -0.494 e. The van der Waals surface area contributed by atoms with E-state index in [1.54, 1.807) is 32.9 Å². The molecule has 1 aromatic carbocycles. The van der Waals surface area contributed by atoms with E-state index < -0.39 is 17.7 Å². The number of ketones is 1. The Hall–Kier alpha value is -2.93. The zero-order chi connectivity index (χ0) is 19.0. The van der Waals surface area contributed by atoms with E-state index in [9.17, 15) is 14.7 Å². The molecule has 0 bridgehead atoms. The van der Waals surface area contributed by atoms with E-state index in [1.165, 1.54) is 18.5 Å². The van der Waals surface area contributed by atoms with E-state index >= 15 is 0 Å². The second kappa shape index (κ2) is 6.76. The van der Waals surface area contributed by atoms with Crippen molar-refractivity contribution in [2.24, 2.45) is 0 Å². The first-order chi connectivity index (χ1) is 12.3. The maximum absolute atomic E-state index is 12.9. The number of halogens is 1. The van der Waals surface area contributed by atoms with E-state index in [1.807, 2.05) is 0 Å². The summed E-state index contributed by atoms with van der Waals surface area (Å²) in [5.74, 6) is -1.01. The monoisotopic (exact) mass is 372 g/mol. The van der Waals surface area contributed by atoms with Gasteiger partial charge in [-0.1, -0.05) is 11.6 Å². The molecular weight excluding hydrogens is 356 g/mol. The third-order valence-electron chi connectivity index (χ3n) is 3.76. The summed E-state index contributed by atoms with van der Waals surface area (Å²) in [6, 6.07) is 4.01. The van der Waals surface area contributed by atoms with E-state index in [0.29, 0.717) is 21.6 Å². The third-order valence-corrected chi connectivity index (χ3v) is 4.00. The van der Waals surface area contributed by atoms with Crippen molar-refractivity contribution in [2.75, 3.05) is 0 Å². The van der Waals surface area contributed by atoms with Crippen LogP contribution in [0.5, 0.6) is 5.88 Å². The predicted molar refractivity (Wildman–Crippen MR) is 97.9 cm³/mol. The molecule has 3 rings (SSSR count). The molecule has 2 N–H and O–H groups in total. The van der Waals surface area contributed by atoms with Crippen molar-refractivity contribution in [3.8, 4) is 5.88 Å². The lowest BCUT2D eigenvalue weighted by molar-refractivity contribution is 0.103. The SMILES string of the molecule is Cc1cnc(C(=O)c2c(O)n(C(=O)NC(C)C)c3ccc(Cl)cc23)cn1. The van der Waals surface area contributed by atoms with Crippen LogP contribution in [0.3, 0.4) is 0 Å². The normalized spacial score (nSPS) is 11.1. The average Bonchev–Trinajstić information content (AvgIpc) is 2.85. The molecule has 0 aliphatic rings. The molecule has 0 spiro atoms. The molecule has 2 aromatic heterocycles. The fourth-order valence-electron chi connectivity index (χ4n) is 2.63. The Labute approximate surface area is 154 Å². The molecule has 0 aliphatic carbocycles. The summed E-state index contributed by atoms with van der Waals surface area (Å²) in [6.45, 7) is 5.34. The molecule has 0 unspecified atom stereocenters. The minimum atomic E-state index is -0.543. The summed E-state index contributed by atoms with van der Waals surface area (Å²) >= 11 is 6.06. The van der Waals surface area contributed by atoms with Crippen LogP contribution in [-0.2, 0) is 0 Å². The number of benzene rings is 1. The second-order valence-corrected chi connectivity index (χ2v) is 6.61. The molecule has 0 saturated carbocycles. The maximum atomic E-state index is 12.9. The zero-order valence-electron chi connectivity index (χ0n) is 14.4. The first-order valence-electron chi connectivity index (χ1n) is 7.96. The molecular formula is C18H17ClN4O3. The molecule has 26 heavy (non-hydrogen) atoms. The molecule has 0 saturated heterocycles. The average molecular weight is 373 g/mol. The van der Waals surface area contributed by atoms with Crippen LogP contribution in [0.15, 0.2) is 30.6 Å². The Kier molecular flexibility index (Phi) is 4.65. The van der Waals surface area contributed by atoms with Crippen molar-refractivity contribution >= 4 is 34.3 Å². The lowest BCUT2D eigenvalue weighted by Crippen LogP contribution is -2.33. The van der Waals surface area contributed by atoms with Crippen LogP contribution in [0.25, 0.3) is 10.9 Å². The first kappa shape index (κ1) is 17.9. The largest absolute Gasteiger partial charge is 0.494 e. The summed E-state index contributed by atoms with van der Waals surface area (Å²) < 4.78 is 1.06. The smallest absolute Gasteiger partial charge is 0.329 e. The Balaban J connectivity index is 2.23. The highest BCUT2D eigenvalue weighted by Gasteiger charge is 2.27. The number of aromatic hydroxyl groups is 1. The Morgan fingerprint density at radius 3 is 2.58 bits per heavy atom. The van der Waals surface area contributed by atoms with E-state index in [2.05, 4.69) is 15.3 Å². The number of amides is 1. The summed E-state index contributed by atoms with van der Waals surface area (Å²) in [7, 11) is 0. The van der Waals surface area contributed by atoms with E-state index in [4.69, 9.17) is 11.6 Å². The fourth-order valence-corrected chi connectivity index (χ4v) is 2.80. The Morgan fingerprint density at radius 2 is 1.96 bits per heavy atom. The predicted octanol–water partition coefficient (Wildman–Crippen LogP) is 3.30. The molecule has 0 radical (unpaired) electrons. The van der Waals surface area contributed by atoms with Gasteiger partial charge < -0.3 is 10.4 Å². The standard InChI is InChI=1S/C18H17ClN4O3/c1-9(2)22-18(26)23-14-5-4-11(19)6-12(14)15(17(23)25)16(24)13-8-20-10(3)7-21-13/h4-9,25H,1-3H3,(H,22,26). The Bertz CT molecular complexity index is 1010. The molecule has 3 aromatic rings. The number of aryl methyl sites for hydroxylation is 1. The van der Waals surface area contributed by atoms with Gasteiger partial charge in [-0.25, -0.2) is 14.3 Å². The molecule has 2 heterocycles. The van der Waals surface area contributed by atoms with Gasteiger partial charge in [0.2, 0.25) is 11.7 Å². The van der Waals surface area contributed by atoms with E-state index in [-0.39, 0.29) is 17.3 Å². The molecule has 1 amide bonds. The molecule has 7 nitrogen and oxygen atoms in total. The number of rotatable bonds is 3. The number of carbonyl (C=O) groups is 2. The third kappa shape index (κ3) is 3.13. The summed E-state index contributed by atoms with van der Waals surface area (Å²) in [4.78, 5) is 33.5. The molecule has 8 heteroatoms. The van der Waals surface area contributed by atoms with Gasteiger partial charge in [-0.05, 0) is 39.0 Å². The van der Waals surface area contributed by atoms with Crippen molar-refractivity contribution < 1.29 is 14.7 Å². The van der Waals surface area contributed by atoms with Crippen molar-refractivity contribution in [2.45, 2.75) is 26.8 Å². The van der Waals surface area contributed by atoms with E-state index in [0.717, 1.165) is 4.57 Å². The van der Waals surface area contributed by atoms with Gasteiger partial charge in [-0.15, -0.1) is 0 Å². The van der Waals surface area contributed by atoms with Crippen LogP contribution in [0.2, 0.25) is 5.02 Å². The van der Waals surface area contributed by atoms with Crippen LogP contribution in [-0.4, -0.2) is 37.5 Å². The number of nitrogens with one attached hydrogen (secondary N) is 1. The highest BCUT2D eigenvalue weighted by molar-refractivity contribution is 6.32. The fraction of sp³-hybridized carbons (Fsp3) is 0.222. The summed E-state index contributed by atoms with van der Waals surface area (Å²) in [5.41, 5.74) is 1.05. The van der Waals surface area contributed by atoms with Crippen LogP contribution < -0.4 is 5.32 Å². The van der Waals surface area contributed by atoms with Crippen LogP contribution in [0, 0.1) is 6.92 Å². The molecule has 0 aliphatic heterocycles. The van der Waals surface area contributed by atoms with Crippen molar-refractivity contribution in [3.63, 3.8) is 0 Å². The number of fused-ring (bicyclic) bond motifs is 1. The van der Waals surface area contributed by atoms with Gasteiger partial charge in [0, 0.05) is 22.6 Å². The molecule has 0 fully saturated rings. The lowest BCUT2D eigenvalue weighted by atomic mass is 10.1. The number of hydrogen-bond acceptors (Lipinski definition) is 5. The van der Waals surface area contributed by atoms with Gasteiger partial charge in [0.15, 0.2) is 0 Å². The first-order valence-corrected chi connectivity index (χ1v) is 8.34. The number of carbonyl (C=O) groups excluding carboxylic acids is 2. The quantitative estimate of drug-likeness (QED) is 0.687. The van der Waals surface area contributed by atoms with Crippen molar-refractivity contribution in [1.29, 1.82) is 0 Å². The van der Waals surface area contributed by atoms with Gasteiger partial charge in [-0.3, -0.25) is 9.78 Å². The summed E-state index contributed by atoms with van der Waals surface area (Å²) in [5, 5.41) is 14.1. The van der Waals surface area contributed by atoms with Crippen LogP contribution >= 0.6 is 11.6 Å². The summed E-state index contributed by atoms with van der Waals surface area (Å²) in [6.07, 6.45) is 2.79. The second-order valence-electron chi connectivity index (χ2n) is 6.17. The lowest BCUT2D eigenvalue weighted by Gasteiger charge is -2.10. The van der Waals surface area contributed by atoms with Gasteiger partial charge in [0.05, 0.1) is 23.0 Å². The molecule has 134 valence electrons. The van der Waals surface area contributed by atoms with Crippen molar-refractivity contribution in [1.82, 2.24) is 19.9 Å². The van der Waals surface area contributed by atoms with Gasteiger partial charge >= 0.3 is 6.03 Å². The Morgan fingerprint density at radius 1 is 1.23 bits per heavy atom. The minimum absolute atomic E-state index is 0.0421. The van der Waals surface area contributed by atoms with Gasteiger partial charge in [0.25, 0.3) is 0 Å². The van der Waals surface area contributed by atoms with Crippen LogP contribution in [0.1, 0.15) is 35.6 Å². The number of nitrogens with zero attached hydrogens (tertiary/aromatic N) is 3.